The Morgan fingerprint density at radius 2 is 2.67 bits per heavy atom. The van der Waals surface area contributed by atoms with Gasteiger partial charge in [0.1, 0.15) is 0 Å². The number of allylic oxidation sites excluding steroid dienone is 1. The SMILES string of the molecule is C[C@H]1CCC(=CCO)O1. The molecule has 1 aliphatic heterocycles. The Hall–Kier alpha value is -0.500. The van der Waals surface area contributed by atoms with E-state index in [2.05, 4.69) is 0 Å². The van der Waals surface area contributed by atoms with Crippen molar-refractivity contribution in [2.24, 2.45) is 0 Å². The summed E-state index contributed by atoms with van der Waals surface area (Å²) in [4.78, 5) is 0. The van der Waals surface area contributed by atoms with E-state index in [-0.39, 0.29) is 6.61 Å². The van der Waals surface area contributed by atoms with Gasteiger partial charge in [-0.3, -0.25) is 0 Å². The third kappa shape index (κ3) is 1.72. The highest BCUT2D eigenvalue weighted by Gasteiger charge is 2.14. The molecule has 1 fully saturated rings. The summed E-state index contributed by atoms with van der Waals surface area (Å²) in [6.07, 6.45) is 4.15. The van der Waals surface area contributed by atoms with Crippen LogP contribution in [0.4, 0.5) is 0 Å². The van der Waals surface area contributed by atoms with Crippen LogP contribution in [0, 0.1) is 0 Å². The summed E-state index contributed by atoms with van der Waals surface area (Å²) in [5.41, 5.74) is 0. The van der Waals surface area contributed by atoms with E-state index in [1.807, 2.05) is 6.92 Å². The van der Waals surface area contributed by atoms with Crippen LogP contribution in [0.5, 0.6) is 0 Å². The zero-order chi connectivity index (χ0) is 6.69. The van der Waals surface area contributed by atoms with Crippen LogP contribution in [0.15, 0.2) is 11.8 Å². The Balaban J connectivity index is 2.38. The van der Waals surface area contributed by atoms with Gasteiger partial charge >= 0.3 is 0 Å². The van der Waals surface area contributed by atoms with Gasteiger partial charge in [0.05, 0.1) is 18.5 Å². The molecule has 1 rings (SSSR count). The average molecular weight is 128 g/mol. The van der Waals surface area contributed by atoms with E-state index in [0.29, 0.717) is 6.10 Å². The summed E-state index contributed by atoms with van der Waals surface area (Å²) in [6.45, 7) is 2.14. The van der Waals surface area contributed by atoms with E-state index in [1.54, 1.807) is 6.08 Å². The first kappa shape index (κ1) is 6.62. The molecule has 1 atom stereocenters. The number of aliphatic hydroxyl groups excluding tert-OH is 1. The zero-order valence-corrected chi connectivity index (χ0v) is 5.63. The van der Waals surface area contributed by atoms with Crippen LogP contribution in [0.25, 0.3) is 0 Å². The van der Waals surface area contributed by atoms with Gasteiger partial charge in [-0.2, -0.15) is 0 Å². The molecule has 52 valence electrons. The van der Waals surface area contributed by atoms with Crippen molar-refractivity contribution in [2.45, 2.75) is 25.9 Å². The first-order chi connectivity index (χ1) is 4.33. The Morgan fingerprint density at radius 1 is 1.89 bits per heavy atom. The van der Waals surface area contributed by atoms with Crippen molar-refractivity contribution in [2.75, 3.05) is 6.61 Å². The smallest absolute Gasteiger partial charge is 0.0958 e. The molecule has 0 radical (unpaired) electrons. The van der Waals surface area contributed by atoms with Crippen LogP contribution in [0.3, 0.4) is 0 Å². The standard InChI is InChI=1S/C7H12O2/c1-6-2-3-7(9-6)4-5-8/h4,6,8H,2-3,5H2,1H3/t6-/m0/s1. The normalized spacial score (nSPS) is 30.9. The molecule has 2 nitrogen and oxygen atoms in total. The molecule has 0 bridgehead atoms. The van der Waals surface area contributed by atoms with Crippen molar-refractivity contribution >= 4 is 0 Å². The molecule has 0 aliphatic carbocycles. The van der Waals surface area contributed by atoms with Crippen molar-refractivity contribution in [1.82, 2.24) is 0 Å². The van der Waals surface area contributed by atoms with Gasteiger partial charge < -0.3 is 9.84 Å². The summed E-state index contributed by atoms with van der Waals surface area (Å²) >= 11 is 0. The monoisotopic (exact) mass is 128 g/mol. The van der Waals surface area contributed by atoms with Gasteiger partial charge in [0, 0.05) is 6.42 Å². The molecule has 1 saturated heterocycles. The quantitative estimate of drug-likeness (QED) is 0.572. The van der Waals surface area contributed by atoms with Crippen LogP contribution in [-0.2, 0) is 4.74 Å². The summed E-state index contributed by atoms with van der Waals surface area (Å²) < 4.78 is 5.30. The molecule has 2 heteroatoms. The summed E-state index contributed by atoms with van der Waals surface area (Å²) in [6, 6.07) is 0. The van der Waals surface area contributed by atoms with E-state index < -0.39 is 0 Å². The number of ether oxygens (including phenoxy) is 1. The molecule has 0 aromatic rings. The molecule has 0 saturated carbocycles. The second kappa shape index (κ2) is 2.87. The van der Waals surface area contributed by atoms with Crippen molar-refractivity contribution < 1.29 is 9.84 Å². The topological polar surface area (TPSA) is 29.5 Å². The van der Waals surface area contributed by atoms with Crippen LogP contribution < -0.4 is 0 Å². The number of hydrogen-bond donors (Lipinski definition) is 1. The molecular formula is C7H12O2. The minimum absolute atomic E-state index is 0.0993. The van der Waals surface area contributed by atoms with Crippen LogP contribution >= 0.6 is 0 Å². The third-order valence-corrected chi connectivity index (χ3v) is 1.47. The molecule has 0 aromatic heterocycles. The summed E-state index contributed by atoms with van der Waals surface area (Å²) in [5, 5.41) is 8.46. The van der Waals surface area contributed by atoms with Gasteiger partial charge in [0.2, 0.25) is 0 Å². The lowest BCUT2D eigenvalue weighted by molar-refractivity contribution is 0.175. The highest BCUT2D eigenvalue weighted by Crippen LogP contribution is 2.21. The van der Waals surface area contributed by atoms with Crippen LogP contribution in [-0.4, -0.2) is 17.8 Å². The maximum absolute atomic E-state index is 8.46. The third-order valence-electron chi connectivity index (χ3n) is 1.47. The predicted molar refractivity (Wildman–Crippen MR) is 34.9 cm³/mol. The second-order valence-corrected chi connectivity index (χ2v) is 2.32. The summed E-state index contributed by atoms with van der Waals surface area (Å²) in [7, 11) is 0. The van der Waals surface area contributed by atoms with E-state index in [1.165, 1.54) is 0 Å². The average Bonchev–Trinajstić information content (AvgIpc) is 2.17. The lowest BCUT2D eigenvalue weighted by Gasteiger charge is -2.01. The lowest BCUT2D eigenvalue weighted by atomic mass is 10.2. The van der Waals surface area contributed by atoms with Crippen LogP contribution in [0.1, 0.15) is 19.8 Å². The summed E-state index contributed by atoms with van der Waals surface area (Å²) in [5.74, 6) is 0.949. The first-order valence-corrected chi connectivity index (χ1v) is 3.29. The molecule has 0 amide bonds. The predicted octanol–water partition coefficient (Wildman–Crippen LogP) is 1.06. The van der Waals surface area contributed by atoms with Crippen LogP contribution in [0.2, 0.25) is 0 Å². The minimum atomic E-state index is 0.0993. The molecule has 0 spiro atoms. The molecule has 0 aromatic carbocycles. The Morgan fingerprint density at radius 3 is 3.11 bits per heavy atom. The van der Waals surface area contributed by atoms with E-state index in [9.17, 15) is 0 Å². The van der Waals surface area contributed by atoms with Crippen molar-refractivity contribution in [3.8, 4) is 0 Å². The second-order valence-electron chi connectivity index (χ2n) is 2.32. The van der Waals surface area contributed by atoms with Gasteiger partial charge in [-0.05, 0) is 19.4 Å². The van der Waals surface area contributed by atoms with Crippen molar-refractivity contribution in [3.63, 3.8) is 0 Å². The number of aliphatic hydroxyl groups is 1. The molecule has 1 heterocycles. The Bertz CT molecular complexity index is 118. The van der Waals surface area contributed by atoms with Gasteiger partial charge in [-0.25, -0.2) is 0 Å². The maximum Gasteiger partial charge on any atom is 0.0958 e. The highest BCUT2D eigenvalue weighted by atomic mass is 16.5. The molecule has 1 N–H and O–H groups in total. The molecular weight excluding hydrogens is 116 g/mol. The fraction of sp³-hybridized carbons (Fsp3) is 0.714. The molecule has 1 aliphatic rings. The lowest BCUT2D eigenvalue weighted by Crippen LogP contribution is -1.94. The Labute approximate surface area is 55.1 Å². The number of hydrogen-bond acceptors (Lipinski definition) is 2. The van der Waals surface area contributed by atoms with E-state index in [0.717, 1.165) is 18.6 Å². The van der Waals surface area contributed by atoms with E-state index >= 15 is 0 Å². The van der Waals surface area contributed by atoms with Gasteiger partial charge in [-0.1, -0.05) is 0 Å². The minimum Gasteiger partial charge on any atom is -0.495 e. The van der Waals surface area contributed by atoms with Gasteiger partial charge in [-0.15, -0.1) is 0 Å². The van der Waals surface area contributed by atoms with Crippen molar-refractivity contribution in [3.05, 3.63) is 11.8 Å². The highest BCUT2D eigenvalue weighted by molar-refractivity contribution is 4.97. The Kier molecular flexibility index (Phi) is 2.11. The largest absolute Gasteiger partial charge is 0.495 e. The first-order valence-electron chi connectivity index (χ1n) is 3.29. The maximum atomic E-state index is 8.46. The zero-order valence-electron chi connectivity index (χ0n) is 5.63. The fourth-order valence-corrected chi connectivity index (χ4v) is 0.974. The fourth-order valence-electron chi connectivity index (χ4n) is 0.974. The molecule has 0 unspecified atom stereocenters. The van der Waals surface area contributed by atoms with Crippen molar-refractivity contribution in [1.29, 1.82) is 0 Å². The molecule has 9 heavy (non-hydrogen) atoms. The van der Waals surface area contributed by atoms with Gasteiger partial charge in [0.15, 0.2) is 0 Å². The van der Waals surface area contributed by atoms with E-state index in [4.69, 9.17) is 9.84 Å². The van der Waals surface area contributed by atoms with Gasteiger partial charge in [0.25, 0.3) is 0 Å². The number of rotatable bonds is 1.